The summed E-state index contributed by atoms with van der Waals surface area (Å²) < 4.78 is 0.766. The third-order valence-electron chi connectivity index (χ3n) is 2.09. The van der Waals surface area contributed by atoms with Gasteiger partial charge in [-0.05, 0) is 12.1 Å². The topological polar surface area (TPSA) is 29.1 Å². The van der Waals surface area contributed by atoms with E-state index in [1.54, 1.807) is 0 Å². The zero-order chi connectivity index (χ0) is 11.5. The van der Waals surface area contributed by atoms with Gasteiger partial charge in [0.25, 0.3) is 0 Å². The van der Waals surface area contributed by atoms with E-state index < -0.39 is 0 Å². The first-order valence-corrected chi connectivity index (χ1v) is 6.27. The lowest BCUT2D eigenvalue weighted by molar-refractivity contribution is -0.118. The minimum atomic E-state index is -0.146. The first kappa shape index (κ1) is 12.8. The molecule has 84 valence electrons. The van der Waals surface area contributed by atoms with Crippen molar-refractivity contribution in [3.05, 3.63) is 21.3 Å². The number of carbonyl (C=O) groups is 1. The lowest BCUT2D eigenvalue weighted by Gasteiger charge is -2.23. The summed E-state index contributed by atoms with van der Waals surface area (Å²) in [6.45, 7) is 4.68. The van der Waals surface area contributed by atoms with E-state index in [-0.39, 0.29) is 17.2 Å². The molecule has 1 N–H and O–H groups in total. The summed E-state index contributed by atoms with van der Waals surface area (Å²) in [6, 6.07) is 3.85. The van der Waals surface area contributed by atoms with Crippen LogP contribution in [0.1, 0.15) is 18.7 Å². The highest BCUT2D eigenvalue weighted by molar-refractivity contribution is 7.16. The Hall–Kier alpha value is -0.250. The molecule has 2 nitrogen and oxygen atoms in total. The van der Waals surface area contributed by atoms with Crippen LogP contribution >= 0.6 is 34.5 Å². The molecule has 0 atom stereocenters. The van der Waals surface area contributed by atoms with Crippen LogP contribution in [0.4, 0.5) is 0 Å². The fourth-order valence-corrected chi connectivity index (χ4v) is 2.37. The Bertz CT molecular complexity index is 349. The van der Waals surface area contributed by atoms with Crippen molar-refractivity contribution in [1.82, 2.24) is 5.32 Å². The Morgan fingerprint density at radius 1 is 1.53 bits per heavy atom. The lowest BCUT2D eigenvalue weighted by Crippen LogP contribution is -2.36. The van der Waals surface area contributed by atoms with Gasteiger partial charge >= 0.3 is 0 Å². The summed E-state index contributed by atoms with van der Waals surface area (Å²) in [5.74, 6) is -0.145. The van der Waals surface area contributed by atoms with Crippen LogP contribution < -0.4 is 5.32 Å². The third-order valence-corrected chi connectivity index (χ3v) is 3.93. The van der Waals surface area contributed by atoms with Gasteiger partial charge in [-0.1, -0.05) is 25.4 Å². The van der Waals surface area contributed by atoms with Gasteiger partial charge in [-0.2, -0.15) is 0 Å². The number of alkyl halides is 1. The van der Waals surface area contributed by atoms with Gasteiger partial charge in [0.2, 0.25) is 5.91 Å². The molecule has 1 amide bonds. The zero-order valence-electron chi connectivity index (χ0n) is 8.64. The average Bonchev–Trinajstić information content (AvgIpc) is 2.62. The average molecular weight is 266 g/mol. The number of thiophene rings is 1. The molecule has 0 saturated carbocycles. The van der Waals surface area contributed by atoms with Crippen molar-refractivity contribution in [2.45, 2.75) is 19.3 Å². The molecule has 0 fully saturated rings. The van der Waals surface area contributed by atoms with Crippen LogP contribution in [0.2, 0.25) is 4.34 Å². The van der Waals surface area contributed by atoms with Crippen molar-refractivity contribution < 1.29 is 4.79 Å². The molecular weight excluding hydrogens is 253 g/mol. The summed E-state index contributed by atoms with van der Waals surface area (Å²) in [7, 11) is 0. The van der Waals surface area contributed by atoms with Gasteiger partial charge in [0.1, 0.15) is 5.88 Å². The zero-order valence-corrected chi connectivity index (χ0v) is 11.0. The molecule has 0 aliphatic heterocycles. The van der Waals surface area contributed by atoms with Gasteiger partial charge in [0.15, 0.2) is 0 Å². The number of rotatable bonds is 4. The Kier molecular flexibility index (Phi) is 4.44. The van der Waals surface area contributed by atoms with Gasteiger partial charge in [0, 0.05) is 16.8 Å². The highest BCUT2D eigenvalue weighted by Gasteiger charge is 2.23. The number of hydrogen-bond donors (Lipinski definition) is 1. The molecule has 1 aromatic rings. The van der Waals surface area contributed by atoms with E-state index in [9.17, 15) is 4.79 Å². The molecule has 0 unspecified atom stereocenters. The van der Waals surface area contributed by atoms with Gasteiger partial charge in [-0.25, -0.2) is 0 Å². The second-order valence-electron chi connectivity index (χ2n) is 3.90. The molecule has 1 heterocycles. The first-order valence-electron chi connectivity index (χ1n) is 4.54. The minimum Gasteiger partial charge on any atom is -0.354 e. The molecule has 1 rings (SSSR count). The van der Waals surface area contributed by atoms with E-state index in [0.29, 0.717) is 6.54 Å². The molecule has 0 radical (unpaired) electrons. The highest BCUT2D eigenvalue weighted by Crippen LogP contribution is 2.31. The Morgan fingerprint density at radius 2 is 2.20 bits per heavy atom. The van der Waals surface area contributed by atoms with E-state index in [1.165, 1.54) is 11.3 Å². The summed E-state index contributed by atoms with van der Waals surface area (Å²) in [5, 5.41) is 2.77. The predicted molar refractivity (Wildman–Crippen MR) is 66.1 cm³/mol. The van der Waals surface area contributed by atoms with Crippen molar-refractivity contribution in [1.29, 1.82) is 0 Å². The second-order valence-corrected chi connectivity index (χ2v) is 5.88. The van der Waals surface area contributed by atoms with Crippen LogP contribution in [-0.2, 0) is 10.2 Å². The minimum absolute atomic E-state index is 0.00127. The van der Waals surface area contributed by atoms with Crippen molar-refractivity contribution in [3.8, 4) is 0 Å². The van der Waals surface area contributed by atoms with E-state index in [4.69, 9.17) is 23.2 Å². The van der Waals surface area contributed by atoms with Crippen molar-refractivity contribution in [2.75, 3.05) is 12.4 Å². The molecule has 0 saturated heterocycles. The van der Waals surface area contributed by atoms with Crippen molar-refractivity contribution in [3.63, 3.8) is 0 Å². The molecule has 0 aromatic carbocycles. The number of hydrogen-bond acceptors (Lipinski definition) is 2. The number of amides is 1. The Morgan fingerprint density at radius 3 is 2.67 bits per heavy atom. The Balaban J connectivity index is 2.63. The summed E-state index contributed by atoms with van der Waals surface area (Å²) >= 11 is 12.8. The van der Waals surface area contributed by atoms with E-state index in [2.05, 4.69) is 19.2 Å². The van der Waals surface area contributed by atoms with E-state index in [0.717, 1.165) is 9.21 Å². The summed E-state index contributed by atoms with van der Waals surface area (Å²) in [4.78, 5) is 12.2. The van der Waals surface area contributed by atoms with Crippen LogP contribution in [0.3, 0.4) is 0 Å². The van der Waals surface area contributed by atoms with Crippen LogP contribution in [0.25, 0.3) is 0 Å². The maximum Gasteiger partial charge on any atom is 0.234 e. The van der Waals surface area contributed by atoms with Crippen LogP contribution in [0.15, 0.2) is 12.1 Å². The molecule has 0 spiro atoms. The number of nitrogens with one attached hydrogen (secondary N) is 1. The van der Waals surface area contributed by atoms with Gasteiger partial charge in [0.05, 0.1) is 4.34 Å². The predicted octanol–water partition coefficient (Wildman–Crippen LogP) is 3.03. The SMILES string of the molecule is CC(C)(CNC(=O)CCl)c1ccc(Cl)s1. The van der Waals surface area contributed by atoms with Crippen molar-refractivity contribution >= 4 is 40.4 Å². The highest BCUT2D eigenvalue weighted by atomic mass is 35.5. The van der Waals surface area contributed by atoms with Gasteiger partial charge < -0.3 is 5.32 Å². The third kappa shape index (κ3) is 3.67. The second kappa shape index (κ2) is 5.19. The molecule has 0 aliphatic carbocycles. The van der Waals surface area contributed by atoms with Crippen LogP contribution in [-0.4, -0.2) is 18.3 Å². The molecule has 0 aliphatic rings. The molecule has 1 aromatic heterocycles. The van der Waals surface area contributed by atoms with Crippen LogP contribution in [0.5, 0.6) is 0 Å². The van der Waals surface area contributed by atoms with Gasteiger partial charge in [-0.15, -0.1) is 22.9 Å². The monoisotopic (exact) mass is 265 g/mol. The standard InChI is InChI=1S/C10H13Cl2NOS/c1-10(2,6-13-9(14)5-11)7-3-4-8(12)15-7/h3-4H,5-6H2,1-2H3,(H,13,14). The molecule has 0 bridgehead atoms. The molecule has 5 heteroatoms. The lowest BCUT2D eigenvalue weighted by atomic mass is 9.91. The maximum absolute atomic E-state index is 11.0. The Labute approximate surface area is 104 Å². The normalized spacial score (nSPS) is 11.5. The fraction of sp³-hybridized carbons (Fsp3) is 0.500. The van der Waals surface area contributed by atoms with Crippen LogP contribution in [0, 0.1) is 0 Å². The smallest absolute Gasteiger partial charge is 0.234 e. The quantitative estimate of drug-likeness (QED) is 0.834. The fourth-order valence-electron chi connectivity index (χ4n) is 1.13. The maximum atomic E-state index is 11.0. The summed E-state index contributed by atoms with van der Waals surface area (Å²) in [6.07, 6.45) is 0. The molecule has 15 heavy (non-hydrogen) atoms. The van der Waals surface area contributed by atoms with Crippen molar-refractivity contribution in [2.24, 2.45) is 0 Å². The van der Waals surface area contributed by atoms with E-state index in [1.807, 2.05) is 12.1 Å². The molecular formula is C10H13Cl2NOS. The van der Waals surface area contributed by atoms with E-state index >= 15 is 0 Å². The first-order chi connectivity index (χ1) is 6.95. The largest absolute Gasteiger partial charge is 0.354 e. The summed E-state index contributed by atoms with van der Waals surface area (Å²) in [5.41, 5.74) is -0.112. The number of carbonyl (C=O) groups excluding carboxylic acids is 1. The van der Waals surface area contributed by atoms with Gasteiger partial charge in [-0.3, -0.25) is 4.79 Å². The number of halogens is 2.